The van der Waals surface area contributed by atoms with Crippen LogP contribution >= 0.6 is 22.9 Å². The number of hydrogen-bond donors (Lipinski definition) is 0. The van der Waals surface area contributed by atoms with Gasteiger partial charge in [0.05, 0.1) is 26.2 Å². The van der Waals surface area contributed by atoms with Crippen molar-refractivity contribution in [2.75, 3.05) is 7.05 Å². The summed E-state index contributed by atoms with van der Waals surface area (Å²) in [6.07, 6.45) is 5.45. The van der Waals surface area contributed by atoms with Crippen LogP contribution in [-0.2, 0) is 4.79 Å². The number of amides is 1. The number of aromatic nitrogens is 1. The Labute approximate surface area is 181 Å². The minimum Gasteiger partial charge on any atom is -0.343 e. The van der Waals surface area contributed by atoms with Gasteiger partial charge in [0, 0.05) is 25.4 Å². The molecule has 5 atom stereocenters. The molecule has 0 radical (unpaired) electrons. The van der Waals surface area contributed by atoms with Crippen LogP contribution in [0, 0.1) is 28.6 Å². The van der Waals surface area contributed by atoms with Gasteiger partial charge in [0.1, 0.15) is 5.52 Å². The predicted octanol–water partition coefficient (Wildman–Crippen LogP) is 6.01. The molecule has 0 N–H and O–H groups in total. The van der Waals surface area contributed by atoms with Crippen molar-refractivity contribution in [2.24, 2.45) is 17.3 Å². The summed E-state index contributed by atoms with van der Waals surface area (Å²) < 4.78 is 1.06. The van der Waals surface area contributed by atoms with Crippen LogP contribution in [-0.4, -0.2) is 28.9 Å². The molecule has 0 spiro atoms. The molecule has 2 aromatic rings. The Kier molecular flexibility index (Phi) is 5.61. The summed E-state index contributed by atoms with van der Waals surface area (Å²) in [5.74, 6) is 1.37. The van der Waals surface area contributed by atoms with E-state index < -0.39 is 0 Å². The molecule has 154 valence electrons. The smallest absolute Gasteiger partial charge is 0.223 e. The van der Waals surface area contributed by atoms with Gasteiger partial charge in [-0.1, -0.05) is 31.5 Å². The van der Waals surface area contributed by atoms with Crippen LogP contribution in [0.5, 0.6) is 0 Å². The van der Waals surface area contributed by atoms with Crippen LogP contribution in [0.4, 0.5) is 0 Å². The summed E-state index contributed by atoms with van der Waals surface area (Å²) in [6, 6.07) is 8.61. The van der Waals surface area contributed by atoms with Gasteiger partial charge in [-0.3, -0.25) is 4.79 Å². The van der Waals surface area contributed by atoms with Crippen molar-refractivity contribution in [3.8, 4) is 6.07 Å². The number of benzene rings is 1. The van der Waals surface area contributed by atoms with Crippen molar-refractivity contribution >= 4 is 39.1 Å². The average molecular weight is 430 g/mol. The topological polar surface area (TPSA) is 57.0 Å². The molecule has 29 heavy (non-hydrogen) atoms. The summed E-state index contributed by atoms with van der Waals surface area (Å²) in [7, 11) is 1.92. The maximum Gasteiger partial charge on any atom is 0.223 e. The molecule has 0 aliphatic heterocycles. The lowest BCUT2D eigenvalue weighted by atomic mass is 9.58. The van der Waals surface area contributed by atoms with Gasteiger partial charge in [-0.15, -0.1) is 11.3 Å². The maximum absolute atomic E-state index is 13.1. The number of nitriles is 1. The van der Waals surface area contributed by atoms with Crippen LogP contribution in [0.2, 0.25) is 5.02 Å². The molecular formula is C23H28ClN3OS. The van der Waals surface area contributed by atoms with Crippen molar-refractivity contribution in [1.29, 1.82) is 5.26 Å². The number of fused-ring (bicyclic) bond motifs is 3. The zero-order valence-electron chi connectivity index (χ0n) is 17.3. The fraction of sp³-hybridized carbons (Fsp3) is 0.609. The number of para-hydroxylation sites is 1. The number of halogens is 1. The highest BCUT2D eigenvalue weighted by Gasteiger charge is 2.47. The molecule has 5 unspecified atom stereocenters. The predicted molar refractivity (Wildman–Crippen MR) is 118 cm³/mol. The van der Waals surface area contributed by atoms with Crippen molar-refractivity contribution < 1.29 is 4.79 Å². The fourth-order valence-corrected chi connectivity index (χ4v) is 6.89. The molecule has 6 heteroatoms. The number of carbonyl (C=O) groups excluding carboxylic acids is 1. The summed E-state index contributed by atoms with van der Waals surface area (Å²) in [4.78, 5) is 19.7. The Hall–Kier alpha value is -1.64. The van der Waals surface area contributed by atoms with Gasteiger partial charge < -0.3 is 4.90 Å². The monoisotopic (exact) mass is 429 g/mol. The molecule has 1 amide bonds. The first kappa shape index (κ1) is 20.6. The Morgan fingerprint density at radius 3 is 2.93 bits per heavy atom. The van der Waals surface area contributed by atoms with Crippen LogP contribution in [0.3, 0.4) is 0 Å². The van der Waals surface area contributed by atoms with Gasteiger partial charge in [-0.05, 0) is 56.1 Å². The molecular weight excluding hydrogens is 402 g/mol. The van der Waals surface area contributed by atoms with E-state index in [1.54, 1.807) is 11.3 Å². The maximum atomic E-state index is 13.1. The quantitative estimate of drug-likeness (QED) is 0.597. The highest BCUT2D eigenvalue weighted by molar-refractivity contribution is 7.18. The highest BCUT2D eigenvalue weighted by atomic mass is 35.5. The van der Waals surface area contributed by atoms with Crippen LogP contribution in [0.15, 0.2) is 18.2 Å². The van der Waals surface area contributed by atoms with Crippen LogP contribution < -0.4 is 0 Å². The van der Waals surface area contributed by atoms with Gasteiger partial charge in [-0.2, -0.15) is 5.26 Å². The second-order valence-corrected chi connectivity index (χ2v) is 10.8. The highest BCUT2D eigenvalue weighted by Crippen LogP contribution is 2.51. The van der Waals surface area contributed by atoms with Crippen LogP contribution in [0.1, 0.15) is 63.3 Å². The second-order valence-electron chi connectivity index (χ2n) is 9.35. The van der Waals surface area contributed by atoms with E-state index in [1.165, 1.54) is 6.42 Å². The Morgan fingerprint density at radius 1 is 1.41 bits per heavy atom. The second kappa shape index (κ2) is 7.89. The molecule has 4 nitrogen and oxygen atoms in total. The van der Waals surface area contributed by atoms with E-state index in [0.717, 1.165) is 40.9 Å². The lowest BCUT2D eigenvalue weighted by molar-refractivity contribution is -0.134. The summed E-state index contributed by atoms with van der Waals surface area (Å²) in [5.41, 5.74) is 0.585. The lowest BCUT2D eigenvalue weighted by Gasteiger charge is -2.48. The van der Waals surface area contributed by atoms with Gasteiger partial charge in [0.15, 0.2) is 0 Å². The van der Waals surface area contributed by atoms with E-state index in [-0.39, 0.29) is 23.3 Å². The number of thiazole rings is 1. The normalized spacial score (nSPS) is 30.0. The molecule has 2 aliphatic rings. The molecule has 1 heterocycles. The van der Waals surface area contributed by atoms with E-state index in [2.05, 4.69) is 24.9 Å². The first-order valence-electron chi connectivity index (χ1n) is 10.5. The van der Waals surface area contributed by atoms with Gasteiger partial charge in [-0.25, -0.2) is 4.98 Å². The third-order valence-electron chi connectivity index (χ3n) is 6.85. The van der Waals surface area contributed by atoms with Crippen molar-refractivity contribution in [1.82, 2.24) is 9.88 Å². The van der Waals surface area contributed by atoms with E-state index in [9.17, 15) is 10.1 Å². The van der Waals surface area contributed by atoms with E-state index >= 15 is 0 Å². The summed E-state index contributed by atoms with van der Waals surface area (Å²) in [6.45, 7) is 4.32. The molecule has 2 fully saturated rings. The zero-order chi connectivity index (χ0) is 20.8. The van der Waals surface area contributed by atoms with Crippen LogP contribution in [0.25, 0.3) is 10.2 Å². The van der Waals surface area contributed by atoms with E-state index in [4.69, 9.17) is 11.6 Å². The third-order valence-corrected chi connectivity index (χ3v) is 8.41. The first-order chi connectivity index (χ1) is 13.8. The zero-order valence-corrected chi connectivity index (χ0v) is 18.9. The van der Waals surface area contributed by atoms with E-state index in [1.807, 2.05) is 30.1 Å². The first-order valence-corrected chi connectivity index (χ1v) is 11.7. The molecule has 1 aromatic heterocycles. The third kappa shape index (κ3) is 4.02. The number of hydrogen-bond acceptors (Lipinski definition) is 4. The average Bonchev–Trinajstić information content (AvgIpc) is 3.12. The van der Waals surface area contributed by atoms with Crippen molar-refractivity contribution in [3.63, 3.8) is 0 Å². The summed E-state index contributed by atoms with van der Waals surface area (Å²) >= 11 is 7.88. The number of nitrogens with zero attached hydrogens (tertiary/aromatic N) is 3. The fourth-order valence-electron chi connectivity index (χ4n) is 5.58. The lowest BCUT2D eigenvalue weighted by Crippen LogP contribution is -2.48. The minimum absolute atomic E-state index is 0.0476. The number of rotatable bonds is 4. The Bertz CT molecular complexity index is 963. The van der Waals surface area contributed by atoms with E-state index in [0.29, 0.717) is 23.3 Å². The minimum atomic E-state index is -0.241. The molecule has 2 saturated carbocycles. The largest absolute Gasteiger partial charge is 0.343 e. The molecule has 0 saturated heterocycles. The van der Waals surface area contributed by atoms with Crippen molar-refractivity contribution in [3.05, 3.63) is 28.2 Å². The molecule has 2 bridgehead atoms. The summed E-state index contributed by atoms with van der Waals surface area (Å²) in [5, 5.41) is 11.5. The SMILES string of the molecule is CC1CC2CC(N(C)C(=O)CC(C)c3nc4c(Cl)cccc4s3)CC(C#N)(C1)C2. The van der Waals surface area contributed by atoms with Gasteiger partial charge >= 0.3 is 0 Å². The Balaban J connectivity index is 1.45. The van der Waals surface area contributed by atoms with Gasteiger partial charge in [0.25, 0.3) is 0 Å². The van der Waals surface area contributed by atoms with Gasteiger partial charge in [0.2, 0.25) is 5.91 Å². The van der Waals surface area contributed by atoms with Crippen molar-refractivity contribution in [2.45, 2.75) is 64.3 Å². The molecule has 1 aromatic carbocycles. The molecule has 2 aliphatic carbocycles. The number of carbonyl (C=O) groups is 1. The standard InChI is InChI=1S/C23H28ClN3OS/c1-14-7-16-9-17(12-23(10-14,11-16)13-25)27(3)20(28)8-15(2)22-26-21-18(24)5-4-6-19(21)29-22/h4-6,14-17H,7-12H2,1-3H3. The molecule has 4 rings (SSSR count). The Morgan fingerprint density at radius 2 is 2.21 bits per heavy atom.